The molecule has 1 fully saturated rings. The molecule has 2 aromatic carbocycles. The molecule has 4 rings (SSSR count). The Bertz CT molecular complexity index is 1230. The standard InChI is InChI=1S/C22H24FN3O4S2.ClH/c1-32(28,29)19-9-3-2-6-16(19)21(27)26(11-5-10-25-12-14-30-15-13-25)22-24-20-17(23)7-4-8-18(20)31-22;/h2-4,6-9H,5,10-15H2,1H3;1H. The zero-order chi connectivity index (χ0) is 22.7. The number of sulfone groups is 1. The van der Waals surface area contributed by atoms with E-state index in [1.54, 1.807) is 24.3 Å². The van der Waals surface area contributed by atoms with E-state index in [1.165, 1.54) is 34.4 Å². The molecule has 0 radical (unpaired) electrons. The van der Waals surface area contributed by atoms with Crippen molar-refractivity contribution in [2.45, 2.75) is 11.3 Å². The molecule has 1 aromatic heterocycles. The molecule has 1 saturated heterocycles. The monoisotopic (exact) mass is 513 g/mol. The van der Waals surface area contributed by atoms with Crippen molar-refractivity contribution in [3.63, 3.8) is 0 Å². The number of amides is 1. The van der Waals surface area contributed by atoms with Crippen LogP contribution in [-0.2, 0) is 14.6 Å². The fourth-order valence-electron chi connectivity index (χ4n) is 3.69. The van der Waals surface area contributed by atoms with Crippen LogP contribution in [0.25, 0.3) is 10.2 Å². The Kier molecular flexibility index (Phi) is 8.41. The van der Waals surface area contributed by atoms with Gasteiger partial charge < -0.3 is 4.74 Å². The maximum atomic E-state index is 14.2. The normalized spacial score (nSPS) is 14.7. The first-order valence-corrected chi connectivity index (χ1v) is 13.0. The highest BCUT2D eigenvalue weighted by molar-refractivity contribution is 7.90. The van der Waals surface area contributed by atoms with Gasteiger partial charge in [-0.15, -0.1) is 12.4 Å². The third kappa shape index (κ3) is 5.88. The van der Waals surface area contributed by atoms with Crippen LogP contribution >= 0.6 is 23.7 Å². The van der Waals surface area contributed by atoms with Gasteiger partial charge in [0.05, 0.1) is 28.4 Å². The molecule has 2 heterocycles. The maximum Gasteiger partial charge on any atom is 0.261 e. The first kappa shape index (κ1) is 25.5. The minimum atomic E-state index is -3.61. The van der Waals surface area contributed by atoms with Gasteiger partial charge in [-0.25, -0.2) is 17.8 Å². The van der Waals surface area contributed by atoms with Gasteiger partial charge in [0.1, 0.15) is 11.3 Å². The smallest absolute Gasteiger partial charge is 0.261 e. The van der Waals surface area contributed by atoms with Crippen LogP contribution in [0.1, 0.15) is 16.8 Å². The highest BCUT2D eigenvalue weighted by atomic mass is 35.5. The third-order valence-electron chi connectivity index (χ3n) is 5.31. The molecule has 1 aliphatic heterocycles. The molecule has 1 amide bonds. The number of hydrogen-bond acceptors (Lipinski definition) is 7. The number of para-hydroxylation sites is 1. The molecular formula is C22H25ClFN3O4S2. The summed E-state index contributed by atoms with van der Waals surface area (Å²) in [6, 6.07) is 10.8. The average Bonchev–Trinajstić information content (AvgIpc) is 3.22. The molecule has 178 valence electrons. The highest BCUT2D eigenvalue weighted by Gasteiger charge is 2.26. The van der Waals surface area contributed by atoms with Crippen molar-refractivity contribution in [2.24, 2.45) is 0 Å². The molecule has 3 aromatic rings. The van der Waals surface area contributed by atoms with E-state index >= 15 is 0 Å². The summed E-state index contributed by atoms with van der Waals surface area (Å²) in [6.45, 7) is 4.12. The second-order valence-corrected chi connectivity index (χ2v) is 10.6. The highest BCUT2D eigenvalue weighted by Crippen LogP contribution is 2.32. The zero-order valence-corrected chi connectivity index (χ0v) is 20.5. The van der Waals surface area contributed by atoms with Gasteiger partial charge in [-0.05, 0) is 30.7 Å². The fourth-order valence-corrected chi connectivity index (χ4v) is 5.58. The number of thiazole rings is 1. The Labute approximate surface area is 202 Å². The van der Waals surface area contributed by atoms with Gasteiger partial charge in [-0.1, -0.05) is 29.5 Å². The molecule has 0 saturated carbocycles. The Morgan fingerprint density at radius 2 is 1.91 bits per heavy atom. The number of anilines is 1. The summed E-state index contributed by atoms with van der Waals surface area (Å²) in [4.78, 5) is 21.6. The first-order chi connectivity index (χ1) is 15.3. The topological polar surface area (TPSA) is 79.8 Å². The predicted octanol–water partition coefficient (Wildman–Crippen LogP) is 3.63. The quantitative estimate of drug-likeness (QED) is 0.480. The number of nitrogens with zero attached hydrogens (tertiary/aromatic N) is 3. The van der Waals surface area contributed by atoms with Crippen molar-refractivity contribution >= 4 is 54.8 Å². The van der Waals surface area contributed by atoms with E-state index in [2.05, 4.69) is 9.88 Å². The largest absolute Gasteiger partial charge is 0.379 e. The van der Waals surface area contributed by atoms with Crippen LogP contribution in [0.5, 0.6) is 0 Å². The van der Waals surface area contributed by atoms with Gasteiger partial charge in [0.25, 0.3) is 5.91 Å². The molecular weight excluding hydrogens is 489 g/mol. The Hall–Kier alpha value is -2.11. The number of fused-ring (bicyclic) bond motifs is 1. The molecule has 7 nitrogen and oxygen atoms in total. The lowest BCUT2D eigenvalue weighted by Crippen LogP contribution is -2.39. The molecule has 33 heavy (non-hydrogen) atoms. The summed E-state index contributed by atoms with van der Waals surface area (Å²) in [5, 5.41) is 0.348. The number of halogens is 2. The molecule has 0 bridgehead atoms. The van der Waals surface area contributed by atoms with E-state index in [1.807, 2.05) is 0 Å². The van der Waals surface area contributed by atoms with E-state index in [4.69, 9.17) is 4.74 Å². The Morgan fingerprint density at radius 1 is 1.18 bits per heavy atom. The molecule has 11 heteroatoms. The molecule has 0 aliphatic carbocycles. The van der Waals surface area contributed by atoms with Crippen molar-refractivity contribution in [1.82, 2.24) is 9.88 Å². The van der Waals surface area contributed by atoms with Crippen molar-refractivity contribution in [2.75, 3.05) is 50.5 Å². The summed E-state index contributed by atoms with van der Waals surface area (Å²) < 4.78 is 44.8. The number of benzene rings is 2. The maximum absolute atomic E-state index is 14.2. The number of carbonyl (C=O) groups excluding carboxylic acids is 1. The minimum absolute atomic E-state index is 0. The summed E-state index contributed by atoms with van der Waals surface area (Å²) in [5.74, 6) is -0.922. The third-order valence-corrected chi connectivity index (χ3v) is 7.51. The van der Waals surface area contributed by atoms with Crippen molar-refractivity contribution in [3.05, 3.63) is 53.8 Å². The first-order valence-electron chi connectivity index (χ1n) is 10.3. The molecule has 0 unspecified atom stereocenters. The van der Waals surface area contributed by atoms with E-state index in [0.29, 0.717) is 36.0 Å². The lowest BCUT2D eigenvalue weighted by Gasteiger charge is -2.28. The van der Waals surface area contributed by atoms with Gasteiger partial charge in [0.15, 0.2) is 15.0 Å². The van der Waals surface area contributed by atoms with Crippen LogP contribution in [0, 0.1) is 5.82 Å². The summed E-state index contributed by atoms with van der Waals surface area (Å²) in [5.41, 5.74) is 0.288. The zero-order valence-electron chi connectivity index (χ0n) is 18.1. The average molecular weight is 514 g/mol. The van der Waals surface area contributed by atoms with Crippen LogP contribution < -0.4 is 4.90 Å². The van der Waals surface area contributed by atoms with Gasteiger partial charge in [0, 0.05) is 32.4 Å². The summed E-state index contributed by atoms with van der Waals surface area (Å²) in [6.07, 6.45) is 1.74. The molecule has 0 N–H and O–H groups in total. The number of ether oxygens (including phenoxy) is 1. The van der Waals surface area contributed by atoms with Crippen LogP contribution in [0.15, 0.2) is 47.4 Å². The van der Waals surface area contributed by atoms with Crippen LogP contribution in [0.3, 0.4) is 0 Å². The number of rotatable bonds is 7. The molecule has 0 atom stereocenters. The Morgan fingerprint density at radius 3 is 2.61 bits per heavy atom. The number of morpholine rings is 1. The number of hydrogen-bond donors (Lipinski definition) is 0. The summed E-state index contributed by atoms with van der Waals surface area (Å²) in [7, 11) is -3.61. The Balaban J connectivity index is 0.00000306. The minimum Gasteiger partial charge on any atom is -0.379 e. The lowest BCUT2D eigenvalue weighted by molar-refractivity contribution is 0.0376. The van der Waals surface area contributed by atoms with Crippen molar-refractivity contribution in [3.8, 4) is 0 Å². The SMILES string of the molecule is CS(=O)(=O)c1ccccc1C(=O)N(CCCN1CCOCC1)c1nc2c(F)cccc2s1.Cl. The van der Waals surface area contributed by atoms with Gasteiger partial charge in [0.2, 0.25) is 0 Å². The second-order valence-electron chi connectivity index (χ2n) is 7.62. The second kappa shape index (κ2) is 10.9. The van der Waals surface area contributed by atoms with Crippen molar-refractivity contribution in [1.29, 1.82) is 0 Å². The van der Waals surface area contributed by atoms with E-state index in [-0.39, 0.29) is 28.4 Å². The van der Waals surface area contributed by atoms with Gasteiger partial charge in [-0.3, -0.25) is 14.6 Å². The lowest BCUT2D eigenvalue weighted by atomic mass is 10.2. The van der Waals surface area contributed by atoms with E-state index < -0.39 is 21.6 Å². The molecule has 0 spiro atoms. The van der Waals surface area contributed by atoms with E-state index in [0.717, 1.165) is 25.9 Å². The van der Waals surface area contributed by atoms with Gasteiger partial charge in [-0.2, -0.15) is 0 Å². The van der Waals surface area contributed by atoms with Gasteiger partial charge >= 0.3 is 0 Å². The van der Waals surface area contributed by atoms with Crippen LogP contribution in [0.4, 0.5) is 9.52 Å². The predicted molar refractivity (Wildman–Crippen MR) is 130 cm³/mol. The molecule has 1 aliphatic rings. The number of carbonyl (C=O) groups is 1. The van der Waals surface area contributed by atoms with E-state index in [9.17, 15) is 17.6 Å². The number of aromatic nitrogens is 1. The summed E-state index contributed by atoms with van der Waals surface area (Å²) >= 11 is 1.21. The van der Waals surface area contributed by atoms with Crippen molar-refractivity contribution < 1.29 is 22.3 Å². The van der Waals surface area contributed by atoms with Crippen LogP contribution in [0.2, 0.25) is 0 Å². The fraction of sp³-hybridized carbons (Fsp3) is 0.364. The van der Waals surface area contributed by atoms with Crippen LogP contribution in [-0.4, -0.2) is 69.9 Å².